The topological polar surface area (TPSA) is 15.8 Å². The Morgan fingerprint density at radius 2 is 0.970 bits per heavy atom. The van der Waals surface area contributed by atoms with E-state index in [9.17, 15) is 0 Å². The lowest BCUT2D eigenvalue weighted by Crippen LogP contribution is -1.88. The van der Waals surface area contributed by atoms with Gasteiger partial charge in [0.05, 0.1) is 0 Å². The standard InChI is InChI=1S/C32H49N/c1-2-3-4-5-6-7-8-9-10-11-12-13-14-15-16-17-18-19-23-28-24-22-26-30-29-25-20-21-27-31(29)33-32(28)30/h20-22,24-27,33H,2-19,23H2,1H3. The molecule has 33 heavy (non-hydrogen) atoms. The third-order valence-electron chi connectivity index (χ3n) is 7.43. The van der Waals surface area contributed by atoms with E-state index in [1.165, 1.54) is 149 Å². The van der Waals surface area contributed by atoms with Gasteiger partial charge in [0.1, 0.15) is 0 Å². The number of para-hydroxylation sites is 2. The molecule has 0 unspecified atom stereocenters. The lowest BCUT2D eigenvalue weighted by molar-refractivity contribution is 0.525. The second-order valence-electron chi connectivity index (χ2n) is 10.3. The molecule has 0 atom stereocenters. The fourth-order valence-electron chi connectivity index (χ4n) is 5.36. The van der Waals surface area contributed by atoms with Crippen molar-refractivity contribution in [3.05, 3.63) is 48.0 Å². The number of unbranched alkanes of at least 4 members (excludes halogenated alkanes) is 17. The number of aryl methyl sites for hydroxylation is 1. The first-order valence-corrected chi connectivity index (χ1v) is 14.4. The third kappa shape index (κ3) is 9.19. The van der Waals surface area contributed by atoms with Crippen LogP contribution in [0.4, 0.5) is 0 Å². The fourth-order valence-corrected chi connectivity index (χ4v) is 5.36. The highest BCUT2D eigenvalue weighted by molar-refractivity contribution is 6.08. The van der Waals surface area contributed by atoms with E-state index >= 15 is 0 Å². The average molecular weight is 448 g/mol. The summed E-state index contributed by atoms with van der Waals surface area (Å²) in [6.07, 6.45) is 27.1. The molecular formula is C32H49N. The second-order valence-corrected chi connectivity index (χ2v) is 10.3. The monoisotopic (exact) mass is 447 g/mol. The Kier molecular flexibility index (Phi) is 12.5. The molecule has 1 heterocycles. The van der Waals surface area contributed by atoms with Gasteiger partial charge in [-0.05, 0) is 24.5 Å². The van der Waals surface area contributed by atoms with E-state index < -0.39 is 0 Å². The number of fused-ring (bicyclic) bond motifs is 3. The number of aromatic amines is 1. The molecule has 0 aliphatic rings. The number of hydrogen-bond acceptors (Lipinski definition) is 0. The summed E-state index contributed by atoms with van der Waals surface area (Å²) >= 11 is 0. The van der Waals surface area contributed by atoms with Gasteiger partial charge >= 0.3 is 0 Å². The van der Waals surface area contributed by atoms with E-state index in [1.54, 1.807) is 0 Å². The van der Waals surface area contributed by atoms with Crippen LogP contribution in [-0.2, 0) is 6.42 Å². The van der Waals surface area contributed by atoms with Crippen LogP contribution < -0.4 is 0 Å². The highest BCUT2D eigenvalue weighted by atomic mass is 14.7. The van der Waals surface area contributed by atoms with Gasteiger partial charge in [0.2, 0.25) is 0 Å². The Morgan fingerprint density at radius 3 is 1.55 bits per heavy atom. The number of H-pyrrole nitrogens is 1. The van der Waals surface area contributed by atoms with Crippen molar-refractivity contribution in [1.82, 2.24) is 4.98 Å². The van der Waals surface area contributed by atoms with Crippen LogP contribution in [0.3, 0.4) is 0 Å². The number of nitrogens with one attached hydrogen (secondary N) is 1. The van der Waals surface area contributed by atoms with Crippen LogP contribution in [0.25, 0.3) is 21.8 Å². The molecule has 1 heteroatoms. The molecule has 3 aromatic rings. The molecule has 0 bridgehead atoms. The molecule has 0 saturated heterocycles. The molecule has 0 fully saturated rings. The summed E-state index contributed by atoms with van der Waals surface area (Å²) in [6.45, 7) is 2.30. The summed E-state index contributed by atoms with van der Waals surface area (Å²) in [5, 5.41) is 2.73. The first kappa shape index (κ1) is 25.9. The van der Waals surface area contributed by atoms with Crippen LogP contribution in [0.15, 0.2) is 42.5 Å². The van der Waals surface area contributed by atoms with E-state index in [2.05, 4.69) is 54.4 Å². The fraction of sp³-hybridized carbons (Fsp3) is 0.625. The van der Waals surface area contributed by atoms with Crippen molar-refractivity contribution in [3.63, 3.8) is 0 Å². The predicted octanol–water partition coefficient (Wildman–Crippen LogP) is 10.9. The molecule has 0 amide bonds. The minimum Gasteiger partial charge on any atom is -0.354 e. The SMILES string of the molecule is CCCCCCCCCCCCCCCCCCCCc1cccc2c1[nH]c1ccccc12. The molecule has 1 aromatic heterocycles. The summed E-state index contributed by atoms with van der Waals surface area (Å²) in [5.74, 6) is 0. The summed E-state index contributed by atoms with van der Waals surface area (Å²) in [7, 11) is 0. The predicted molar refractivity (Wildman–Crippen MR) is 148 cm³/mol. The quantitative estimate of drug-likeness (QED) is 0.176. The molecule has 2 aromatic carbocycles. The maximum atomic E-state index is 3.66. The largest absolute Gasteiger partial charge is 0.354 e. The first-order valence-electron chi connectivity index (χ1n) is 14.4. The highest BCUT2D eigenvalue weighted by Gasteiger charge is 2.07. The second kappa shape index (κ2) is 16.0. The molecule has 0 aliphatic carbocycles. The van der Waals surface area contributed by atoms with E-state index in [1.807, 2.05) is 0 Å². The molecule has 3 rings (SSSR count). The lowest BCUT2D eigenvalue weighted by Gasteiger charge is -2.05. The van der Waals surface area contributed by atoms with E-state index in [0.29, 0.717) is 0 Å². The van der Waals surface area contributed by atoms with Crippen molar-refractivity contribution in [3.8, 4) is 0 Å². The van der Waals surface area contributed by atoms with Crippen molar-refractivity contribution in [2.24, 2.45) is 0 Å². The Labute approximate surface area is 203 Å². The highest BCUT2D eigenvalue weighted by Crippen LogP contribution is 2.28. The smallest absolute Gasteiger partial charge is 0.0497 e. The van der Waals surface area contributed by atoms with Crippen molar-refractivity contribution < 1.29 is 0 Å². The molecule has 0 saturated carbocycles. The van der Waals surface area contributed by atoms with Gasteiger partial charge in [-0.2, -0.15) is 0 Å². The number of aromatic nitrogens is 1. The van der Waals surface area contributed by atoms with Crippen LogP contribution >= 0.6 is 0 Å². The Bertz CT molecular complexity index is 890. The minimum absolute atomic E-state index is 1.20. The third-order valence-corrected chi connectivity index (χ3v) is 7.43. The summed E-state index contributed by atoms with van der Waals surface area (Å²) < 4.78 is 0. The van der Waals surface area contributed by atoms with Crippen molar-refractivity contribution in [2.75, 3.05) is 0 Å². The molecule has 0 radical (unpaired) electrons. The van der Waals surface area contributed by atoms with E-state index in [4.69, 9.17) is 0 Å². The van der Waals surface area contributed by atoms with Crippen LogP contribution in [0.1, 0.15) is 128 Å². The Hall–Kier alpha value is -1.76. The van der Waals surface area contributed by atoms with Gasteiger partial charge in [-0.15, -0.1) is 0 Å². The van der Waals surface area contributed by atoms with Gasteiger partial charge in [0.25, 0.3) is 0 Å². The van der Waals surface area contributed by atoms with Gasteiger partial charge in [-0.3, -0.25) is 0 Å². The number of hydrogen-bond donors (Lipinski definition) is 1. The average Bonchev–Trinajstić information content (AvgIpc) is 3.23. The van der Waals surface area contributed by atoms with Crippen LogP contribution in [0, 0.1) is 0 Å². The summed E-state index contributed by atoms with van der Waals surface area (Å²) in [5.41, 5.74) is 4.10. The van der Waals surface area contributed by atoms with Gasteiger partial charge in [0.15, 0.2) is 0 Å². The molecule has 1 N–H and O–H groups in total. The molecular weight excluding hydrogens is 398 g/mol. The molecule has 1 nitrogen and oxygen atoms in total. The van der Waals surface area contributed by atoms with Crippen molar-refractivity contribution >= 4 is 21.8 Å². The van der Waals surface area contributed by atoms with E-state index in [-0.39, 0.29) is 0 Å². The summed E-state index contributed by atoms with van der Waals surface area (Å²) in [4.78, 5) is 3.66. The van der Waals surface area contributed by atoms with Crippen molar-refractivity contribution in [1.29, 1.82) is 0 Å². The maximum Gasteiger partial charge on any atom is 0.0497 e. The number of rotatable bonds is 19. The van der Waals surface area contributed by atoms with Crippen LogP contribution in [-0.4, -0.2) is 4.98 Å². The normalized spacial score (nSPS) is 11.7. The van der Waals surface area contributed by atoms with Crippen LogP contribution in [0.5, 0.6) is 0 Å². The lowest BCUT2D eigenvalue weighted by atomic mass is 10.0. The first-order chi connectivity index (χ1) is 16.4. The molecule has 182 valence electrons. The van der Waals surface area contributed by atoms with E-state index in [0.717, 1.165) is 0 Å². The van der Waals surface area contributed by atoms with Gasteiger partial charge in [-0.1, -0.05) is 152 Å². The summed E-state index contributed by atoms with van der Waals surface area (Å²) in [6, 6.07) is 15.5. The van der Waals surface area contributed by atoms with Gasteiger partial charge < -0.3 is 4.98 Å². The number of benzene rings is 2. The molecule has 0 aliphatic heterocycles. The zero-order valence-corrected chi connectivity index (χ0v) is 21.5. The van der Waals surface area contributed by atoms with Gasteiger partial charge in [-0.25, -0.2) is 0 Å². The van der Waals surface area contributed by atoms with Gasteiger partial charge in [0, 0.05) is 21.8 Å². The van der Waals surface area contributed by atoms with Crippen molar-refractivity contribution in [2.45, 2.75) is 129 Å². The molecule has 0 spiro atoms. The van der Waals surface area contributed by atoms with Crippen LogP contribution in [0.2, 0.25) is 0 Å². The Morgan fingerprint density at radius 1 is 0.485 bits per heavy atom. The zero-order valence-electron chi connectivity index (χ0n) is 21.5. The zero-order chi connectivity index (χ0) is 23.0. The maximum absolute atomic E-state index is 3.66. The minimum atomic E-state index is 1.20. The Balaban J connectivity index is 1.14.